The van der Waals surface area contributed by atoms with Gasteiger partial charge in [-0.1, -0.05) is 26.7 Å². The third-order valence-electron chi connectivity index (χ3n) is 8.58. The summed E-state index contributed by atoms with van der Waals surface area (Å²) < 4.78 is 22.8. The highest BCUT2D eigenvalue weighted by atomic mass is 16.5. The van der Waals surface area contributed by atoms with Crippen LogP contribution in [0, 0.1) is 11.8 Å². The number of morpholine rings is 2. The molecule has 8 heteroatoms. The molecular weight excluding hydrogens is 556 g/mol. The lowest BCUT2D eigenvalue weighted by Gasteiger charge is -2.32. The summed E-state index contributed by atoms with van der Waals surface area (Å²) in [7, 11) is 0. The van der Waals surface area contributed by atoms with Gasteiger partial charge in [0.2, 0.25) is 0 Å². The van der Waals surface area contributed by atoms with Gasteiger partial charge in [-0.3, -0.25) is 19.4 Å². The van der Waals surface area contributed by atoms with Crippen LogP contribution in [0.5, 0.6) is 11.5 Å². The van der Waals surface area contributed by atoms with Gasteiger partial charge in [0.05, 0.1) is 39.6 Å². The van der Waals surface area contributed by atoms with Gasteiger partial charge in [-0.2, -0.15) is 0 Å². The van der Waals surface area contributed by atoms with Crippen molar-refractivity contribution >= 4 is 11.6 Å². The third-order valence-corrected chi connectivity index (χ3v) is 8.58. The number of ketones is 2. The second-order valence-electron chi connectivity index (χ2n) is 12.0. The summed E-state index contributed by atoms with van der Waals surface area (Å²) in [5.74, 6) is 1.41. The van der Waals surface area contributed by atoms with Gasteiger partial charge in [0, 0.05) is 62.2 Å². The highest BCUT2D eigenvalue weighted by Crippen LogP contribution is 2.25. The molecule has 0 aliphatic carbocycles. The van der Waals surface area contributed by atoms with Gasteiger partial charge < -0.3 is 18.9 Å². The molecular formula is C36H52N2O6. The second kappa shape index (κ2) is 18.9. The molecule has 44 heavy (non-hydrogen) atoms. The molecule has 2 aromatic rings. The number of rotatable bonds is 19. The maximum Gasteiger partial charge on any atom is 0.167 e. The van der Waals surface area contributed by atoms with E-state index in [-0.39, 0.29) is 23.4 Å². The fourth-order valence-corrected chi connectivity index (χ4v) is 5.77. The van der Waals surface area contributed by atoms with Crippen molar-refractivity contribution in [1.29, 1.82) is 0 Å². The van der Waals surface area contributed by atoms with E-state index < -0.39 is 0 Å². The van der Waals surface area contributed by atoms with Crippen molar-refractivity contribution in [2.24, 2.45) is 11.8 Å². The topological polar surface area (TPSA) is 77.5 Å². The van der Waals surface area contributed by atoms with Gasteiger partial charge in [0.15, 0.2) is 11.6 Å². The lowest BCUT2D eigenvalue weighted by Crippen LogP contribution is -2.42. The average Bonchev–Trinajstić information content (AvgIpc) is 3.07. The van der Waals surface area contributed by atoms with Crippen LogP contribution in [0.2, 0.25) is 0 Å². The number of carbonyl (C=O) groups is 2. The number of hydrogen-bond acceptors (Lipinski definition) is 8. The summed E-state index contributed by atoms with van der Waals surface area (Å²) >= 11 is 0. The molecule has 2 heterocycles. The van der Waals surface area contributed by atoms with Crippen LogP contribution in [0.15, 0.2) is 48.5 Å². The van der Waals surface area contributed by atoms with E-state index in [1.54, 1.807) is 0 Å². The van der Waals surface area contributed by atoms with Gasteiger partial charge in [-0.15, -0.1) is 0 Å². The van der Waals surface area contributed by atoms with E-state index >= 15 is 0 Å². The summed E-state index contributed by atoms with van der Waals surface area (Å²) in [6.07, 6.45) is 5.45. The molecule has 4 rings (SSSR count). The number of nitrogens with zero attached hydrogens (tertiary/aromatic N) is 2. The lowest BCUT2D eigenvalue weighted by molar-refractivity contribution is 0.0254. The molecule has 8 nitrogen and oxygen atoms in total. The van der Waals surface area contributed by atoms with Gasteiger partial charge in [0.25, 0.3) is 0 Å². The van der Waals surface area contributed by atoms with E-state index in [0.29, 0.717) is 76.7 Å². The number of Topliss-reactive ketones (excluding diaryl/α,β-unsaturated/α-hetero) is 2. The lowest BCUT2D eigenvalue weighted by atomic mass is 9.86. The van der Waals surface area contributed by atoms with E-state index in [2.05, 4.69) is 23.6 Å². The molecule has 0 unspecified atom stereocenters. The first-order chi connectivity index (χ1) is 21.6. The summed E-state index contributed by atoms with van der Waals surface area (Å²) in [6.45, 7) is 13.0. The van der Waals surface area contributed by atoms with Gasteiger partial charge in [-0.05, 0) is 74.2 Å². The van der Waals surface area contributed by atoms with Crippen molar-refractivity contribution in [1.82, 2.24) is 9.80 Å². The smallest absolute Gasteiger partial charge is 0.167 e. The molecule has 2 aromatic carbocycles. The van der Waals surface area contributed by atoms with E-state index in [1.165, 1.54) is 0 Å². The first-order valence-corrected chi connectivity index (χ1v) is 16.7. The first-order valence-electron chi connectivity index (χ1n) is 16.7. The van der Waals surface area contributed by atoms with Crippen LogP contribution in [0.25, 0.3) is 0 Å². The Morgan fingerprint density at radius 3 is 1.34 bits per heavy atom. The van der Waals surface area contributed by atoms with Crippen molar-refractivity contribution in [2.75, 3.05) is 78.9 Å². The van der Waals surface area contributed by atoms with E-state index in [4.69, 9.17) is 18.9 Å². The van der Waals surface area contributed by atoms with Crippen LogP contribution < -0.4 is 9.47 Å². The van der Waals surface area contributed by atoms with E-state index in [0.717, 1.165) is 63.4 Å². The van der Waals surface area contributed by atoms with Crippen LogP contribution in [0.3, 0.4) is 0 Å². The molecule has 0 radical (unpaired) electrons. The van der Waals surface area contributed by atoms with E-state index in [9.17, 15) is 9.59 Å². The van der Waals surface area contributed by atoms with Crippen LogP contribution in [0.1, 0.15) is 73.1 Å². The largest absolute Gasteiger partial charge is 0.494 e. The molecule has 0 amide bonds. The minimum Gasteiger partial charge on any atom is -0.494 e. The minimum atomic E-state index is -0.214. The van der Waals surface area contributed by atoms with Gasteiger partial charge in [0.1, 0.15) is 11.5 Å². The zero-order chi connectivity index (χ0) is 31.0. The zero-order valence-electron chi connectivity index (χ0n) is 26.8. The molecule has 242 valence electrons. The highest BCUT2D eigenvalue weighted by Gasteiger charge is 2.29. The van der Waals surface area contributed by atoms with Gasteiger partial charge >= 0.3 is 0 Å². The van der Waals surface area contributed by atoms with Crippen molar-refractivity contribution in [3.05, 3.63) is 59.7 Å². The Kier molecular flexibility index (Phi) is 14.6. The molecule has 0 spiro atoms. The Bertz CT molecular complexity index is 1020. The molecule has 2 aliphatic heterocycles. The number of hydrogen-bond donors (Lipinski definition) is 0. The molecule has 0 saturated carbocycles. The molecule has 2 saturated heterocycles. The Labute approximate surface area is 264 Å². The quantitative estimate of drug-likeness (QED) is 0.147. The fourth-order valence-electron chi connectivity index (χ4n) is 5.77. The maximum absolute atomic E-state index is 14.0. The summed E-state index contributed by atoms with van der Waals surface area (Å²) in [6, 6.07) is 15.1. The molecule has 2 aliphatic rings. The van der Waals surface area contributed by atoms with Crippen molar-refractivity contribution in [3.8, 4) is 11.5 Å². The molecule has 2 atom stereocenters. The standard InChI is InChI=1S/C36H52N2O6/c1-3-5-21-43-33-13-9-29(10-14-33)35(39)31(27-37-17-23-41-24-18-37)7-8-32(28-38-19-25-42-26-20-38)36(40)30-11-15-34(16-12-30)44-22-6-4-2/h9-16,31-32H,3-8,17-28H2,1-2H3/t31-,32-/m1/s1. The Balaban J connectivity index is 1.47. The number of benzene rings is 2. The Morgan fingerprint density at radius 2 is 1.00 bits per heavy atom. The molecule has 0 bridgehead atoms. The summed E-state index contributed by atoms with van der Waals surface area (Å²) in [5.41, 5.74) is 1.39. The predicted molar refractivity (Wildman–Crippen MR) is 173 cm³/mol. The average molecular weight is 609 g/mol. The molecule has 2 fully saturated rings. The van der Waals surface area contributed by atoms with Crippen LogP contribution in [0.4, 0.5) is 0 Å². The number of unbranched alkanes of at least 4 members (excludes halogenated alkanes) is 2. The molecule has 0 N–H and O–H groups in total. The predicted octanol–water partition coefficient (Wildman–Crippen LogP) is 5.79. The van der Waals surface area contributed by atoms with Crippen LogP contribution >= 0.6 is 0 Å². The van der Waals surface area contributed by atoms with Crippen molar-refractivity contribution in [2.45, 2.75) is 52.4 Å². The summed E-state index contributed by atoms with van der Waals surface area (Å²) in [4.78, 5) is 32.6. The SMILES string of the molecule is CCCCOc1ccc(C(=O)[C@H](CC[C@H](CN2CCOCC2)C(=O)c2ccc(OCCCC)cc2)CN2CCOCC2)cc1. The maximum atomic E-state index is 14.0. The fraction of sp³-hybridized carbons (Fsp3) is 0.611. The Morgan fingerprint density at radius 1 is 0.636 bits per heavy atom. The highest BCUT2D eigenvalue weighted by molar-refractivity contribution is 5.99. The second-order valence-corrected chi connectivity index (χ2v) is 12.0. The van der Waals surface area contributed by atoms with Gasteiger partial charge in [-0.25, -0.2) is 0 Å². The zero-order valence-corrected chi connectivity index (χ0v) is 26.8. The normalized spacial score (nSPS) is 17.6. The monoisotopic (exact) mass is 608 g/mol. The van der Waals surface area contributed by atoms with Crippen LogP contribution in [-0.4, -0.2) is 100 Å². The third kappa shape index (κ3) is 11.0. The number of carbonyl (C=O) groups excluding carboxylic acids is 2. The van der Waals surface area contributed by atoms with E-state index in [1.807, 2.05) is 48.5 Å². The molecule has 0 aromatic heterocycles. The van der Waals surface area contributed by atoms with Crippen molar-refractivity contribution < 1.29 is 28.5 Å². The Hall–Kier alpha value is -2.78. The number of ether oxygens (including phenoxy) is 4. The van der Waals surface area contributed by atoms with Crippen LogP contribution in [-0.2, 0) is 9.47 Å². The summed E-state index contributed by atoms with van der Waals surface area (Å²) in [5, 5.41) is 0. The minimum absolute atomic E-state index is 0.128. The first kappa shape index (κ1) is 34.1. The van der Waals surface area contributed by atoms with Crippen molar-refractivity contribution in [3.63, 3.8) is 0 Å².